The van der Waals surface area contributed by atoms with Crippen LogP contribution in [0.2, 0.25) is 0 Å². The lowest BCUT2D eigenvalue weighted by atomic mass is 10.1. The maximum absolute atomic E-state index is 9.44. The second-order valence-electron chi connectivity index (χ2n) is 4.06. The molecule has 0 amide bonds. The first kappa shape index (κ1) is 13.9. The van der Waals surface area contributed by atoms with Crippen molar-refractivity contribution < 1.29 is 4.79 Å². The van der Waals surface area contributed by atoms with E-state index in [0.29, 0.717) is 0 Å². The highest BCUT2D eigenvalue weighted by Crippen LogP contribution is 2.06. The number of hydrogen-bond acceptors (Lipinski definition) is 1. The van der Waals surface area contributed by atoms with E-state index in [0.717, 1.165) is 0 Å². The van der Waals surface area contributed by atoms with Crippen molar-refractivity contribution in [3.8, 4) is 0 Å². The quantitative estimate of drug-likeness (QED) is 0.706. The first-order valence-corrected chi connectivity index (χ1v) is 5.94. The van der Waals surface area contributed by atoms with Gasteiger partial charge in [-0.25, -0.2) is 0 Å². The summed E-state index contributed by atoms with van der Waals surface area (Å²) in [6.07, 6.45) is 4.24. The summed E-state index contributed by atoms with van der Waals surface area (Å²) in [5.74, 6) is 0.167. The highest BCUT2D eigenvalue weighted by Gasteiger charge is 1.84. The minimum absolute atomic E-state index is 0.167. The van der Waals surface area contributed by atoms with Crippen LogP contribution >= 0.6 is 0 Å². The van der Waals surface area contributed by atoms with Gasteiger partial charge in [-0.05, 0) is 25.0 Å². The number of carbonyl (C=O) groups excluding carboxylic acids is 1. The van der Waals surface area contributed by atoms with E-state index in [2.05, 4.69) is 36.4 Å². The molecule has 0 bridgehead atoms. The van der Waals surface area contributed by atoms with Gasteiger partial charge in [-0.15, -0.1) is 0 Å². The molecule has 2 rings (SSSR count). The summed E-state index contributed by atoms with van der Waals surface area (Å²) < 4.78 is 0. The topological polar surface area (TPSA) is 17.1 Å². The summed E-state index contributed by atoms with van der Waals surface area (Å²) in [7, 11) is 0. The van der Waals surface area contributed by atoms with Crippen molar-refractivity contribution in [2.24, 2.45) is 0 Å². The van der Waals surface area contributed by atoms with Gasteiger partial charge in [0.1, 0.15) is 5.78 Å². The van der Waals surface area contributed by atoms with Crippen LogP contribution in [-0.2, 0) is 4.79 Å². The molecule has 0 unspecified atom stereocenters. The zero-order valence-corrected chi connectivity index (χ0v) is 10.8. The van der Waals surface area contributed by atoms with Crippen LogP contribution in [0.5, 0.6) is 0 Å². The standard InChI is InChI=1S/C14H12.C3H6O/c1-3-7-13(8-4-1)11-12-14-9-5-2-6-10-14;1-3(2)4/h1-12H;1-2H3. The van der Waals surface area contributed by atoms with E-state index in [1.165, 1.54) is 25.0 Å². The van der Waals surface area contributed by atoms with Crippen molar-refractivity contribution in [3.63, 3.8) is 0 Å². The Morgan fingerprint density at radius 2 is 1.00 bits per heavy atom. The minimum Gasteiger partial charge on any atom is -0.300 e. The summed E-state index contributed by atoms with van der Waals surface area (Å²) in [4.78, 5) is 9.44. The first-order valence-electron chi connectivity index (χ1n) is 5.94. The van der Waals surface area contributed by atoms with Crippen molar-refractivity contribution in [1.29, 1.82) is 0 Å². The van der Waals surface area contributed by atoms with E-state index in [1.807, 2.05) is 36.4 Å². The van der Waals surface area contributed by atoms with Gasteiger partial charge >= 0.3 is 0 Å². The molecule has 0 saturated heterocycles. The molecule has 2 aromatic rings. The molecule has 0 aromatic heterocycles. The minimum atomic E-state index is 0.167. The Morgan fingerprint density at radius 3 is 1.28 bits per heavy atom. The zero-order valence-electron chi connectivity index (χ0n) is 10.8. The van der Waals surface area contributed by atoms with Crippen LogP contribution in [0, 0.1) is 0 Å². The lowest BCUT2D eigenvalue weighted by Crippen LogP contribution is -1.70. The van der Waals surface area contributed by atoms with E-state index in [1.54, 1.807) is 0 Å². The smallest absolute Gasteiger partial charge is 0.126 e. The van der Waals surface area contributed by atoms with E-state index >= 15 is 0 Å². The predicted octanol–water partition coefficient (Wildman–Crippen LogP) is 4.45. The molecule has 0 aliphatic rings. The van der Waals surface area contributed by atoms with Gasteiger partial charge in [0.15, 0.2) is 0 Å². The Hall–Kier alpha value is -2.15. The van der Waals surface area contributed by atoms with Gasteiger partial charge in [-0.3, -0.25) is 0 Å². The van der Waals surface area contributed by atoms with Crippen LogP contribution in [0.3, 0.4) is 0 Å². The van der Waals surface area contributed by atoms with E-state index in [4.69, 9.17) is 0 Å². The Kier molecular flexibility index (Phi) is 6.20. The van der Waals surface area contributed by atoms with Gasteiger partial charge in [0.05, 0.1) is 0 Å². The fourth-order valence-corrected chi connectivity index (χ4v) is 1.32. The first-order chi connectivity index (χ1) is 8.68. The van der Waals surface area contributed by atoms with Gasteiger partial charge in [-0.2, -0.15) is 0 Å². The Balaban J connectivity index is 0.000000357. The van der Waals surface area contributed by atoms with Crippen LogP contribution in [0.4, 0.5) is 0 Å². The number of benzene rings is 2. The Bertz CT molecular complexity index is 438. The molecule has 1 heteroatoms. The van der Waals surface area contributed by atoms with Gasteiger partial charge in [0, 0.05) is 0 Å². The molecule has 0 radical (unpaired) electrons. The lowest BCUT2D eigenvalue weighted by molar-refractivity contribution is -0.114. The van der Waals surface area contributed by atoms with Crippen LogP contribution in [-0.4, -0.2) is 5.78 Å². The molecule has 0 saturated carbocycles. The monoisotopic (exact) mass is 238 g/mol. The van der Waals surface area contributed by atoms with E-state index in [9.17, 15) is 4.79 Å². The molecular formula is C17H18O. The molecule has 0 aliphatic heterocycles. The zero-order chi connectivity index (χ0) is 13.2. The van der Waals surface area contributed by atoms with Crippen LogP contribution in [0.1, 0.15) is 25.0 Å². The van der Waals surface area contributed by atoms with Gasteiger partial charge in [0.2, 0.25) is 0 Å². The lowest BCUT2D eigenvalue weighted by Gasteiger charge is -1.92. The fraction of sp³-hybridized carbons (Fsp3) is 0.118. The number of ketones is 1. The molecular weight excluding hydrogens is 220 g/mol. The van der Waals surface area contributed by atoms with Gasteiger partial charge < -0.3 is 4.79 Å². The number of Topliss-reactive ketones (excluding diaryl/α,β-unsaturated/α-hetero) is 1. The summed E-state index contributed by atoms with van der Waals surface area (Å²) in [5.41, 5.74) is 2.47. The Labute approximate surface area is 109 Å². The van der Waals surface area contributed by atoms with Crippen LogP contribution in [0.15, 0.2) is 60.7 Å². The summed E-state index contributed by atoms with van der Waals surface area (Å²) in [6, 6.07) is 20.6. The highest BCUT2D eigenvalue weighted by atomic mass is 16.1. The molecule has 0 fully saturated rings. The summed E-state index contributed by atoms with van der Waals surface area (Å²) in [6.45, 7) is 3.06. The van der Waals surface area contributed by atoms with E-state index in [-0.39, 0.29) is 5.78 Å². The molecule has 0 aliphatic carbocycles. The molecule has 0 atom stereocenters. The van der Waals surface area contributed by atoms with E-state index < -0.39 is 0 Å². The number of hydrogen-bond donors (Lipinski definition) is 0. The molecule has 0 N–H and O–H groups in total. The molecule has 92 valence electrons. The summed E-state index contributed by atoms with van der Waals surface area (Å²) >= 11 is 0. The van der Waals surface area contributed by atoms with Crippen LogP contribution < -0.4 is 0 Å². The number of carbonyl (C=O) groups is 1. The van der Waals surface area contributed by atoms with Gasteiger partial charge in [-0.1, -0.05) is 72.8 Å². The van der Waals surface area contributed by atoms with Crippen molar-refractivity contribution in [3.05, 3.63) is 71.8 Å². The molecule has 0 heterocycles. The predicted molar refractivity (Wildman–Crippen MR) is 78.2 cm³/mol. The second kappa shape index (κ2) is 8.02. The highest BCUT2D eigenvalue weighted by molar-refractivity contribution is 5.72. The van der Waals surface area contributed by atoms with Crippen molar-refractivity contribution >= 4 is 17.9 Å². The van der Waals surface area contributed by atoms with Crippen LogP contribution in [0.25, 0.3) is 12.2 Å². The third kappa shape index (κ3) is 6.44. The largest absolute Gasteiger partial charge is 0.300 e. The average molecular weight is 238 g/mol. The molecule has 2 aromatic carbocycles. The third-order valence-electron chi connectivity index (χ3n) is 2.07. The normalized spacial score (nSPS) is 9.67. The fourth-order valence-electron chi connectivity index (χ4n) is 1.32. The maximum atomic E-state index is 9.44. The van der Waals surface area contributed by atoms with Crippen molar-refractivity contribution in [2.45, 2.75) is 13.8 Å². The third-order valence-corrected chi connectivity index (χ3v) is 2.07. The maximum Gasteiger partial charge on any atom is 0.126 e. The number of rotatable bonds is 2. The SMILES string of the molecule is C(=Cc1ccccc1)c1ccccc1.CC(C)=O. The molecule has 18 heavy (non-hydrogen) atoms. The molecule has 1 nitrogen and oxygen atoms in total. The van der Waals surface area contributed by atoms with Crippen molar-refractivity contribution in [2.75, 3.05) is 0 Å². The van der Waals surface area contributed by atoms with Crippen molar-refractivity contribution in [1.82, 2.24) is 0 Å². The van der Waals surface area contributed by atoms with Gasteiger partial charge in [0.25, 0.3) is 0 Å². The Morgan fingerprint density at radius 1 is 0.722 bits per heavy atom. The second-order valence-corrected chi connectivity index (χ2v) is 4.06. The summed E-state index contributed by atoms with van der Waals surface area (Å²) in [5, 5.41) is 0. The average Bonchev–Trinajstić information content (AvgIpc) is 2.38. The molecule has 0 spiro atoms.